The van der Waals surface area contributed by atoms with Crippen molar-refractivity contribution in [3.63, 3.8) is 0 Å². The minimum absolute atomic E-state index is 0.346. The second kappa shape index (κ2) is 11.8. The molecule has 186 valence electrons. The van der Waals surface area contributed by atoms with Crippen LogP contribution in [0.4, 0.5) is 23.5 Å². The van der Waals surface area contributed by atoms with Crippen molar-refractivity contribution >= 4 is 35.7 Å². The SMILES string of the molecule is O=C(Oc1ccc(/C=N\Nc2nc(Nc3ccccc3)nc(N3CCCCC3)n2)cc1)c1ccccc1. The van der Waals surface area contributed by atoms with Crippen LogP contribution in [0.5, 0.6) is 5.75 Å². The van der Waals surface area contributed by atoms with E-state index in [4.69, 9.17) is 4.74 Å². The molecule has 1 fully saturated rings. The third-order valence-corrected chi connectivity index (χ3v) is 5.77. The van der Waals surface area contributed by atoms with Crippen LogP contribution < -0.4 is 20.4 Å². The van der Waals surface area contributed by atoms with E-state index in [2.05, 4.69) is 35.7 Å². The highest BCUT2D eigenvalue weighted by molar-refractivity contribution is 5.91. The van der Waals surface area contributed by atoms with Gasteiger partial charge in [0.25, 0.3) is 0 Å². The quantitative estimate of drug-likeness (QED) is 0.148. The van der Waals surface area contributed by atoms with Gasteiger partial charge in [0, 0.05) is 18.8 Å². The van der Waals surface area contributed by atoms with E-state index in [-0.39, 0.29) is 0 Å². The van der Waals surface area contributed by atoms with Gasteiger partial charge in [0.05, 0.1) is 11.8 Å². The number of anilines is 4. The van der Waals surface area contributed by atoms with Crippen molar-refractivity contribution < 1.29 is 9.53 Å². The highest BCUT2D eigenvalue weighted by Crippen LogP contribution is 2.21. The van der Waals surface area contributed by atoms with E-state index in [1.54, 1.807) is 42.6 Å². The summed E-state index contributed by atoms with van der Waals surface area (Å²) in [5, 5.41) is 7.55. The summed E-state index contributed by atoms with van der Waals surface area (Å²) < 4.78 is 5.42. The number of nitrogens with zero attached hydrogens (tertiary/aromatic N) is 5. The molecule has 1 saturated heterocycles. The lowest BCUT2D eigenvalue weighted by Gasteiger charge is -2.26. The largest absolute Gasteiger partial charge is 0.423 e. The van der Waals surface area contributed by atoms with Crippen LogP contribution in [0.1, 0.15) is 35.2 Å². The second-order valence-corrected chi connectivity index (χ2v) is 8.52. The number of nitrogens with one attached hydrogen (secondary N) is 2. The monoisotopic (exact) mass is 493 g/mol. The summed E-state index contributed by atoms with van der Waals surface area (Å²) >= 11 is 0. The third-order valence-electron chi connectivity index (χ3n) is 5.77. The Balaban J connectivity index is 1.26. The Kier molecular flexibility index (Phi) is 7.61. The molecule has 2 N–H and O–H groups in total. The number of esters is 1. The summed E-state index contributed by atoms with van der Waals surface area (Å²) in [7, 11) is 0. The molecule has 3 aromatic carbocycles. The van der Waals surface area contributed by atoms with Gasteiger partial charge in [-0.25, -0.2) is 10.2 Å². The van der Waals surface area contributed by atoms with Crippen molar-refractivity contribution in [1.29, 1.82) is 0 Å². The summed E-state index contributed by atoms with van der Waals surface area (Å²) in [6, 6.07) is 25.7. The number of rotatable bonds is 8. The predicted molar refractivity (Wildman–Crippen MR) is 145 cm³/mol. The smallest absolute Gasteiger partial charge is 0.343 e. The van der Waals surface area contributed by atoms with Crippen LogP contribution in [0.2, 0.25) is 0 Å². The number of carbonyl (C=O) groups excluding carboxylic acids is 1. The molecule has 0 aliphatic carbocycles. The Labute approximate surface area is 215 Å². The van der Waals surface area contributed by atoms with E-state index < -0.39 is 5.97 Å². The molecule has 0 spiro atoms. The van der Waals surface area contributed by atoms with Gasteiger partial charge in [-0.3, -0.25) is 0 Å². The number of carbonyl (C=O) groups is 1. The van der Waals surface area contributed by atoms with Gasteiger partial charge >= 0.3 is 5.97 Å². The zero-order chi connectivity index (χ0) is 25.3. The van der Waals surface area contributed by atoms with Crippen LogP contribution in [0.15, 0.2) is 90.0 Å². The number of ether oxygens (including phenoxy) is 1. The topological polar surface area (TPSA) is 105 Å². The van der Waals surface area contributed by atoms with E-state index in [1.165, 1.54) is 6.42 Å². The van der Waals surface area contributed by atoms with Gasteiger partial charge in [-0.15, -0.1) is 0 Å². The van der Waals surface area contributed by atoms with Crippen molar-refractivity contribution in [3.8, 4) is 5.75 Å². The predicted octanol–water partition coefficient (Wildman–Crippen LogP) is 5.27. The first-order valence-corrected chi connectivity index (χ1v) is 12.2. The molecule has 1 aromatic heterocycles. The third kappa shape index (κ3) is 6.66. The number of hydrogen-bond donors (Lipinski definition) is 2. The van der Waals surface area contributed by atoms with E-state index in [1.807, 2.05) is 48.5 Å². The molecule has 1 aliphatic heterocycles. The van der Waals surface area contributed by atoms with Crippen molar-refractivity contribution in [2.45, 2.75) is 19.3 Å². The lowest BCUT2D eigenvalue weighted by atomic mass is 10.1. The van der Waals surface area contributed by atoms with E-state index in [0.717, 1.165) is 37.2 Å². The lowest BCUT2D eigenvalue weighted by molar-refractivity contribution is 0.0734. The average Bonchev–Trinajstić information content (AvgIpc) is 2.95. The normalized spacial score (nSPS) is 13.4. The van der Waals surface area contributed by atoms with Crippen LogP contribution in [-0.4, -0.2) is 40.2 Å². The van der Waals surface area contributed by atoms with E-state index >= 15 is 0 Å². The van der Waals surface area contributed by atoms with Crippen LogP contribution in [0.3, 0.4) is 0 Å². The summed E-state index contributed by atoms with van der Waals surface area (Å²) in [6.45, 7) is 1.83. The van der Waals surface area contributed by atoms with Gasteiger partial charge in [-0.1, -0.05) is 36.4 Å². The Morgan fingerprint density at radius 3 is 2.22 bits per heavy atom. The maximum atomic E-state index is 12.2. The fraction of sp³-hybridized carbons (Fsp3) is 0.179. The zero-order valence-electron chi connectivity index (χ0n) is 20.2. The van der Waals surface area contributed by atoms with Gasteiger partial charge in [0.15, 0.2) is 0 Å². The molecule has 1 aliphatic rings. The summed E-state index contributed by atoms with van der Waals surface area (Å²) in [5.74, 6) is 1.47. The maximum absolute atomic E-state index is 12.2. The zero-order valence-corrected chi connectivity index (χ0v) is 20.2. The van der Waals surface area contributed by atoms with Crippen LogP contribution in [0, 0.1) is 0 Å². The molecule has 9 heteroatoms. The first-order chi connectivity index (χ1) is 18.2. The van der Waals surface area contributed by atoms with Gasteiger partial charge < -0.3 is 15.0 Å². The standard InChI is InChI=1S/C28H27N7O2/c36-25(22-10-4-1-5-11-22)37-24-16-14-21(15-17-24)20-29-34-27-31-26(30-23-12-6-2-7-13-23)32-28(33-27)35-18-8-3-9-19-35/h1-2,4-7,10-17,20H,3,8-9,18-19H2,(H2,30,31,32,33,34)/b29-20-. The van der Waals surface area contributed by atoms with Crippen LogP contribution >= 0.6 is 0 Å². The fourth-order valence-electron chi connectivity index (χ4n) is 3.88. The highest BCUT2D eigenvalue weighted by atomic mass is 16.5. The molecular weight excluding hydrogens is 466 g/mol. The van der Waals surface area contributed by atoms with Crippen molar-refractivity contribution in [1.82, 2.24) is 15.0 Å². The molecule has 0 saturated carbocycles. The number of hydrogen-bond acceptors (Lipinski definition) is 9. The summed E-state index contributed by atoms with van der Waals surface area (Å²) in [4.78, 5) is 28.1. The molecule has 4 aromatic rings. The Morgan fingerprint density at radius 1 is 0.811 bits per heavy atom. The molecule has 0 unspecified atom stereocenters. The van der Waals surface area contributed by atoms with E-state index in [0.29, 0.717) is 29.2 Å². The molecule has 0 radical (unpaired) electrons. The molecule has 5 rings (SSSR count). The molecule has 37 heavy (non-hydrogen) atoms. The summed E-state index contributed by atoms with van der Waals surface area (Å²) in [5.41, 5.74) is 5.13. The molecule has 0 amide bonds. The Bertz CT molecular complexity index is 1340. The van der Waals surface area contributed by atoms with Crippen LogP contribution in [0.25, 0.3) is 0 Å². The molecule has 0 atom stereocenters. The number of benzene rings is 3. The molecule has 9 nitrogen and oxygen atoms in total. The minimum Gasteiger partial charge on any atom is -0.423 e. The minimum atomic E-state index is -0.400. The number of hydrazone groups is 1. The summed E-state index contributed by atoms with van der Waals surface area (Å²) in [6.07, 6.45) is 5.10. The lowest BCUT2D eigenvalue weighted by Crippen LogP contribution is -2.31. The van der Waals surface area contributed by atoms with Gasteiger partial charge in [0.1, 0.15) is 5.75 Å². The molecular formula is C28H27N7O2. The van der Waals surface area contributed by atoms with Crippen LogP contribution in [-0.2, 0) is 0 Å². The Morgan fingerprint density at radius 2 is 1.49 bits per heavy atom. The number of aromatic nitrogens is 3. The van der Waals surface area contributed by atoms with Gasteiger partial charge in [-0.2, -0.15) is 20.1 Å². The highest BCUT2D eigenvalue weighted by Gasteiger charge is 2.16. The maximum Gasteiger partial charge on any atom is 0.343 e. The molecule has 2 heterocycles. The average molecular weight is 494 g/mol. The van der Waals surface area contributed by atoms with Crippen molar-refractivity contribution in [2.24, 2.45) is 5.10 Å². The van der Waals surface area contributed by atoms with E-state index in [9.17, 15) is 4.79 Å². The number of piperidine rings is 1. The second-order valence-electron chi connectivity index (χ2n) is 8.52. The first-order valence-electron chi connectivity index (χ1n) is 12.2. The molecule has 0 bridgehead atoms. The van der Waals surface area contributed by atoms with Crippen molar-refractivity contribution in [2.75, 3.05) is 28.7 Å². The first kappa shape index (κ1) is 23.9. The number of para-hydroxylation sites is 1. The fourth-order valence-corrected chi connectivity index (χ4v) is 3.88. The van der Waals surface area contributed by atoms with Gasteiger partial charge in [0.2, 0.25) is 17.8 Å². The van der Waals surface area contributed by atoms with Crippen molar-refractivity contribution in [3.05, 3.63) is 96.1 Å². The van der Waals surface area contributed by atoms with Gasteiger partial charge in [-0.05, 0) is 73.4 Å². The Hall–Kier alpha value is -4.79.